The second kappa shape index (κ2) is 3.85. The molecule has 0 aromatic carbocycles. The first-order chi connectivity index (χ1) is 9.49. The van der Waals surface area contributed by atoms with Crippen LogP contribution in [0.25, 0.3) is 0 Å². The van der Waals surface area contributed by atoms with Crippen molar-refractivity contribution >= 4 is 11.9 Å². The van der Waals surface area contributed by atoms with Crippen molar-refractivity contribution in [3.63, 3.8) is 0 Å². The summed E-state index contributed by atoms with van der Waals surface area (Å²) in [5.74, 6) is -0.441. The van der Waals surface area contributed by atoms with Crippen LogP contribution < -0.4 is 0 Å². The summed E-state index contributed by atoms with van der Waals surface area (Å²) in [7, 11) is 0. The number of hydrogen-bond acceptors (Lipinski definition) is 5. The number of epoxide rings is 1. The summed E-state index contributed by atoms with van der Waals surface area (Å²) in [6.45, 7) is 3.90. The van der Waals surface area contributed by atoms with Crippen LogP contribution in [0, 0.1) is 11.8 Å². The summed E-state index contributed by atoms with van der Waals surface area (Å²) < 4.78 is 16.8. The van der Waals surface area contributed by atoms with Gasteiger partial charge in [0.05, 0.1) is 12.0 Å². The summed E-state index contributed by atoms with van der Waals surface area (Å²) in [6.07, 6.45) is 3.52. The Morgan fingerprint density at radius 3 is 2.80 bits per heavy atom. The topological polar surface area (TPSA) is 65.1 Å². The number of fused-ring (bicyclic) bond motifs is 2. The number of rotatable bonds is 0. The molecule has 0 aromatic heterocycles. The zero-order chi connectivity index (χ0) is 14.1. The minimum Gasteiger partial charge on any atom is -0.461 e. The highest BCUT2D eigenvalue weighted by atomic mass is 16.6. The van der Waals surface area contributed by atoms with Crippen LogP contribution in [0.2, 0.25) is 0 Å². The number of esters is 2. The minimum atomic E-state index is -0.398. The van der Waals surface area contributed by atoms with E-state index in [1.807, 2.05) is 19.9 Å². The summed E-state index contributed by atoms with van der Waals surface area (Å²) in [6, 6.07) is 0. The summed E-state index contributed by atoms with van der Waals surface area (Å²) in [5, 5.41) is 0. The molecule has 5 rings (SSSR count). The summed E-state index contributed by atoms with van der Waals surface area (Å²) >= 11 is 0. The Labute approximate surface area is 117 Å². The largest absolute Gasteiger partial charge is 0.461 e. The van der Waals surface area contributed by atoms with Crippen LogP contribution in [-0.4, -0.2) is 35.9 Å². The fourth-order valence-electron chi connectivity index (χ4n) is 3.79. The smallest absolute Gasteiger partial charge is 0.334 e. The van der Waals surface area contributed by atoms with Gasteiger partial charge in [0.15, 0.2) is 0 Å². The third-order valence-electron chi connectivity index (χ3n) is 5.37. The molecule has 0 radical (unpaired) electrons. The molecule has 2 bridgehead atoms. The molecular formula is C15H18O5. The fraction of sp³-hybridized carbons (Fsp3) is 0.733. The van der Waals surface area contributed by atoms with E-state index in [2.05, 4.69) is 0 Å². The second-order valence-corrected chi connectivity index (χ2v) is 6.52. The van der Waals surface area contributed by atoms with Gasteiger partial charge in [0.1, 0.15) is 17.8 Å². The number of carbonyl (C=O) groups excluding carboxylic acids is 2. The zero-order valence-electron chi connectivity index (χ0n) is 11.6. The normalized spacial score (nSPS) is 49.7. The lowest BCUT2D eigenvalue weighted by molar-refractivity contribution is -0.151. The molecule has 5 aliphatic rings. The maximum Gasteiger partial charge on any atom is 0.334 e. The Balaban J connectivity index is 1.71. The molecule has 3 unspecified atom stereocenters. The fourth-order valence-corrected chi connectivity index (χ4v) is 3.79. The van der Waals surface area contributed by atoms with Crippen LogP contribution in [0.3, 0.4) is 0 Å². The van der Waals surface area contributed by atoms with Crippen molar-refractivity contribution in [3.05, 3.63) is 11.6 Å². The molecule has 20 heavy (non-hydrogen) atoms. The van der Waals surface area contributed by atoms with Crippen molar-refractivity contribution in [1.29, 1.82) is 0 Å². The van der Waals surface area contributed by atoms with Crippen LogP contribution in [0.4, 0.5) is 0 Å². The van der Waals surface area contributed by atoms with E-state index < -0.39 is 5.60 Å². The monoisotopic (exact) mass is 278 g/mol. The molecule has 3 fully saturated rings. The Hall–Kier alpha value is -1.36. The van der Waals surface area contributed by atoms with Gasteiger partial charge in [0.2, 0.25) is 0 Å². The van der Waals surface area contributed by atoms with E-state index in [0.717, 1.165) is 6.42 Å². The lowest BCUT2D eigenvalue weighted by atomic mass is 9.80. The van der Waals surface area contributed by atoms with E-state index in [-0.39, 0.29) is 42.1 Å². The molecule has 1 aliphatic carbocycles. The van der Waals surface area contributed by atoms with Gasteiger partial charge in [0.25, 0.3) is 0 Å². The molecular weight excluding hydrogens is 260 g/mol. The quantitative estimate of drug-likeness (QED) is 0.494. The lowest BCUT2D eigenvalue weighted by Crippen LogP contribution is -2.39. The maximum atomic E-state index is 12.1. The molecule has 0 saturated carbocycles. The van der Waals surface area contributed by atoms with Crippen LogP contribution in [-0.2, 0) is 23.8 Å². The first-order valence-corrected chi connectivity index (χ1v) is 7.27. The average molecular weight is 278 g/mol. The molecule has 0 N–H and O–H groups in total. The van der Waals surface area contributed by atoms with E-state index in [1.165, 1.54) is 0 Å². The molecule has 4 aliphatic heterocycles. The molecule has 0 spiro atoms. The zero-order valence-corrected chi connectivity index (χ0v) is 11.6. The minimum absolute atomic E-state index is 0.0535. The van der Waals surface area contributed by atoms with Crippen molar-refractivity contribution < 1.29 is 23.8 Å². The van der Waals surface area contributed by atoms with Gasteiger partial charge < -0.3 is 14.2 Å². The van der Waals surface area contributed by atoms with Crippen LogP contribution in [0.5, 0.6) is 0 Å². The van der Waals surface area contributed by atoms with Crippen LogP contribution in [0.1, 0.15) is 33.1 Å². The van der Waals surface area contributed by atoms with E-state index in [4.69, 9.17) is 14.2 Å². The summed E-state index contributed by atoms with van der Waals surface area (Å²) in [4.78, 5) is 23.9. The number of hydrogen-bond donors (Lipinski definition) is 0. The Morgan fingerprint density at radius 1 is 1.25 bits per heavy atom. The highest BCUT2D eigenvalue weighted by Gasteiger charge is 2.62. The molecule has 0 aromatic rings. The van der Waals surface area contributed by atoms with E-state index >= 15 is 0 Å². The molecule has 5 heteroatoms. The van der Waals surface area contributed by atoms with Crippen molar-refractivity contribution in [2.24, 2.45) is 11.8 Å². The summed E-state index contributed by atoms with van der Waals surface area (Å²) in [5.41, 5.74) is 0.242. The first-order valence-electron chi connectivity index (χ1n) is 7.27. The van der Waals surface area contributed by atoms with Gasteiger partial charge in [-0.25, -0.2) is 4.79 Å². The third-order valence-corrected chi connectivity index (χ3v) is 5.37. The van der Waals surface area contributed by atoms with Gasteiger partial charge >= 0.3 is 11.9 Å². The Bertz CT molecular complexity index is 524. The van der Waals surface area contributed by atoms with Gasteiger partial charge in [-0.1, -0.05) is 13.0 Å². The van der Waals surface area contributed by atoms with Crippen LogP contribution in [0.15, 0.2) is 11.6 Å². The molecule has 5 nitrogen and oxygen atoms in total. The SMILES string of the molecule is CC1C(=O)O[C@H]2CC3=CC[C@@H](OC3=O)C3(C)OC3C[C@H]12. The lowest BCUT2D eigenvalue weighted by Gasteiger charge is -2.29. The predicted octanol–water partition coefficient (Wildman–Crippen LogP) is 1.36. The molecule has 6 atom stereocenters. The predicted molar refractivity (Wildman–Crippen MR) is 67.6 cm³/mol. The van der Waals surface area contributed by atoms with Gasteiger partial charge in [-0.15, -0.1) is 0 Å². The van der Waals surface area contributed by atoms with Crippen molar-refractivity contribution in [3.8, 4) is 0 Å². The number of ether oxygens (including phenoxy) is 3. The van der Waals surface area contributed by atoms with E-state index in [9.17, 15) is 9.59 Å². The van der Waals surface area contributed by atoms with Crippen molar-refractivity contribution in [2.75, 3.05) is 0 Å². The van der Waals surface area contributed by atoms with Crippen LogP contribution >= 0.6 is 0 Å². The molecule has 4 heterocycles. The second-order valence-electron chi connectivity index (χ2n) is 6.52. The average Bonchev–Trinajstić information content (AvgIpc) is 3.00. The van der Waals surface area contributed by atoms with Gasteiger partial charge in [-0.05, 0) is 13.3 Å². The third kappa shape index (κ3) is 1.59. The van der Waals surface area contributed by atoms with Gasteiger partial charge in [-0.2, -0.15) is 0 Å². The van der Waals surface area contributed by atoms with E-state index in [1.54, 1.807) is 0 Å². The standard InChI is InChI=1S/C15H18O5/c1-7-9-6-12-15(2,20-12)11-4-3-8(14(17)19-11)5-10(9)18-13(7)16/h3,7,9-12H,4-6H2,1-2H3/t7?,9-,10+,11-,12?,15?/m1/s1. The van der Waals surface area contributed by atoms with Gasteiger partial charge in [0, 0.05) is 24.3 Å². The molecule has 3 saturated heterocycles. The number of carbonyl (C=O) groups is 2. The van der Waals surface area contributed by atoms with Gasteiger partial charge in [-0.3, -0.25) is 4.79 Å². The molecule has 108 valence electrons. The molecule has 0 amide bonds. The maximum absolute atomic E-state index is 12.1. The van der Waals surface area contributed by atoms with E-state index in [0.29, 0.717) is 18.4 Å². The Morgan fingerprint density at radius 2 is 2.05 bits per heavy atom. The van der Waals surface area contributed by atoms with Crippen molar-refractivity contribution in [2.45, 2.75) is 57.0 Å². The highest BCUT2D eigenvalue weighted by molar-refractivity contribution is 5.89. The highest BCUT2D eigenvalue weighted by Crippen LogP contribution is 2.50. The first kappa shape index (κ1) is 12.4. The van der Waals surface area contributed by atoms with Crippen molar-refractivity contribution in [1.82, 2.24) is 0 Å². The Kier molecular flexibility index (Phi) is 2.38.